The number of fused-ring (bicyclic) bond motifs is 2. The Morgan fingerprint density at radius 1 is 0.616 bits per heavy atom. The Labute approximate surface area is 445 Å². The first-order valence-corrected chi connectivity index (χ1v) is 29.8. The molecule has 0 aromatic heterocycles. The molecular formula is C55H89N9O7S2. The Hall–Kier alpha value is -3.86. The first-order chi connectivity index (χ1) is 35.7. The van der Waals surface area contributed by atoms with Gasteiger partial charge in [-0.05, 0) is 76.4 Å². The summed E-state index contributed by atoms with van der Waals surface area (Å²) >= 11 is 3.96. The van der Waals surface area contributed by atoms with Crippen LogP contribution in [-0.2, 0) is 35.1 Å². The minimum Gasteiger partial charge on any atom is -0.379 e. The Bertz CT molecular complexity index is 1890. The van der Waals surface area contributed by atoms with Gasteiger partial charge < -0.3 is 46.9 Å². The molecule has 16 nitrogen and oxygen atoms in total. The molecule has 6 unspecified atom stereocenters. The number of Topliss-reactive ketones (excluding diaryl/α,β-unsaturated/α-hetero) is 2. The predicted molar refractivity (Wildman–Crippen MR) is 297 cm³/mol. The molecule has 6 atom stereocenters. The summed E-state index contributed by atoms with van der Waals surface area (Å²) in [6, 6.07) is 9.46. The van der Waals surface area contributed by atoms with Crippen molar-refractivity contribution in [3.63, 3.8) is 0 Å². The van der Waals surface area contributed by atoms with Crippen molar-refractivity contribution in [2.45, 2.75) is 182 Å². The Morgan fingerprint density at radius 3 is 1.75 bits per heavy atom. The summed E-state index contributed by atoms with van der Waals surface area (Å²) in [5.74, 6) is 6.17. The van der Waals surface area contributed by atoms with Crippen LogP contribution in [0.5, 0.6) is 0 Å². The number of hydrogen-bond donors (Lipinski definition) is 6. The topological polar surface area (TPSA) is 224 Å². The van der Waals surface area contributed by atoms with Crippen LogP contribution >= 0.6 is 23.5 Å². The largest absolute Gasteiger partial charge is 0.379 e. The van der Waals surface area contributed by atoms with Gasteiger partial charge in [0.25, 0.3) is 0 Å². The van der Waals surface area contributed by atoms with Crippen LogP contribution in [0.4, 0.5) is 0 Å². The Morgan fingerprint density at radius 2 is 1.14 bits per heavy atom. The van der Waals surface area contributed by atoms with E-state index in [2.05, 4.69) is 54.2 Å². The second-order valence-corrected chi connectivity index (χ2v) is 22.5. The molecule has 0 spiro atoms. The number of terminal acetylenes is 1. The SMILES string of the molecule is C#CCNC(=O)CCOCCOCCOCCCC(=O)c1ccc(CN(CCCCCCCNC(=O)CCCCC2SCC3NC(N)=NC32)CCCCCCCC(=O)CCCCC2SCC3NC(N)=NC32)cc1. The van der Waals surface area contributed by atoms with Gasteiger partial charge in [-0.25, -0.2) is 9.98 Å². The van der Waals surface area contributed by atoms with E-state index in [1.54, 1.807) is 0 Å². The smallest absolute Gasteiger partial charge is 0.223 e. The molecule has 4 heterocycles. The molecule has 0 aliphatic carbocycles. The lowest BCUT2D eigenvalue weighted by atomic mass is 10.0. The summed E-state index contributed by atoms with van der Waals surface area (Å²) < 4.78 is 16.6. The van der Waals surface area contributed by atoms with Gasteiger partial charge in [-0.1, -0.05) is 81.6 Å². The number of carbonyl (C=O) groups excluding carboxylic acids is 4. The maximum absolute atomic E-state index is 13.0. The number of nitrogens with zero attached hydrogens (tertiary/aromatic N) is 3. The number of nitrogens with one attached hydrogen (secondary N) is 4. The highest BCUT2D eigenvalue weighted by atomic mass is 32.2. The van der Waals surface area contributed by atoms with E-state index in [4.69, 9.17) is 32.1 Å². The summed E-state index contributed by atoms with van der Waals surface area (Å²) in [6.45, 7) is 6.34. The molecule has 0 saturated carbocycles. The van der Waals surface area contributed by atoms with Crippen LogP contribution in [0.15, 0.2) is 34.3 Å². The average Bonchev–Trinajstić information content (AvgIpc) is 4.16. The Kier molecular flexibility index (Phi) is 29.7. The number of unbranched alkanes of at least 4 members (excludes halogenated alkanes) is 10. The van der Waals surface area contributed by atoms with Crippen molar-refractivity contribution in [1.29, 1.82) is 0 Å². The monoisotopic (exact) mass is 1050 g/mol. The van der Waals surface area contributed by atoms with Crippen molar-refractivity contribution in [2.75, 3.05) is 77.3 Å². The minimum atomic E-state index is -0.134. The molecule has 2 fully saturated rings. The van der Waals surface area contributed by atoms with E-state index < -0.39 is 0 Å². The molecule has 2 saturated heterocycles. The fraction of sp³-hybridized carbons (Fsp3) is 0.745. The molecule has 1 aromatic carbocycles. The predicted octanol–water partition coefficient (Wildman–Crippen LogP) is 6.28. The number of thioether (sulfide) groups is 2. The maximum atomic E-state index is 13.0. The van der Waals surface area contributed by atoms with Crippen LogP contribution in [0, 0.1) is 12.3 Å². The second-order valence-electron chi connectivity index (χ2n) is 20.0. The fourth-order valence-corrected chi connectivity index (χ4v) is 13.0. The third kappa shape index (κ3) is 24.6. The van der Waals surface area contributed by atoms with Crippen molar-refractivity contribution < 1.29 is 33.4 Å². The van der Waals surface area contributed by atoms with Gasteiger partial charge in [-0.2, -0.15) is 23.5 Å². The zero-order chi connectivity index (χ0) is 51.7. The highest BCUT2D eigenvalue weighted by Gasteiger charge is 2.41. The van der Waals surface area contributed by atoms with Crippen molar-refractivity contribution in [3.8, 4) is 12.3 Å². The lowest BCUT2D eigenvalue weighted by molar-refractivity contribution is -0.122. The summed E-state index contributed by atoms with van der Waals surface area (Å²) in [4.78, 5) is 61.4. The van der Waals surface area contributed by atoms with Gasteiger partial charge in [0.05, 0.1) is 63.7 Å². The molecule has 0 bridgehead atoms. The second kappa shape index (κ2) is 36.2. The Balaban J connectivity index is 0.906. The van der Waals surface area contributed by atoms with Crippen molar-refractivity contribution in [2.24, 2.45) is 21.5 Å². The van der Waals surface area contributed by atoms with Gasteiger partial charge in [-0.15, -0.1) is 6.42 Å². The number of guanidine groups is 2. The molecule has 4 aliphatic heterocycles. The van der Waals surface area contributed by atoms with Crippen LogP contribution in [0.25, 0.3) is 0 Å². The summed E-state index contributed by atoms with van der Waals surface area (Å²) in [5.41, 5.74) is 13.7. The summed E-state index contributed by atoms with van der Waals surface area (Å²) in [6.07, 6.45) is 25.6. The highest BCUT2D eigenvalue weighted by Crippen LogP contribution is 2.36. The van der Waals surface area contributed by atoms with Crippen molar-refractivity contribution >= 4 is 58.8 Å². The zero-order valence-corrected chi connectivity index (χ0v) is 45.4. The molecule has 408 valence electrons. The lowest BCUT2D eigenvalue weighted by Gasteiger charge is -2.23. The third-order valence-corrected chi connectivity index (χ3v) is 17.0. The van der Waals surface area contributed by atoms with Gasteiger partial charge in [0.1, 0.15) is 5.78 Å². The van der Waals surface area contributed by atoms with Crippen molar-refractivity contribution in [1.82, 2.24) is 26.2 Å². The number of ketones is 2. The van der Waals surface area contributed by atoms with E-state index in [1.807, 2.05) is 35.7 Å². The number of nitrogens with two attached hydrogens (primary N) is 2. The zero-order valence-electron chi connectivity index (χ0n) is 43.8. The number of benzene rings is 1. The third-order valence-electron chi connectivity index (χ3n) is 14.0. The molecule has 18 heteroatoms. The van der Waals surface area contributed by atoms with E-state index in [0.29, 0.717) is 118 Å². The standard InChI is InChI=1S/C55H89N9O7S2/c1-2-29-58-51(68)28-34-70-36-38-71-37-35-69-33-17-20-47(66)43-26-24-42(25-27-43)39-64(31-15-7-3-5-9-18-44(65)19-10-11-21-48-52-45(40-72-48)60-54(56)62-52)32-16-8-4-6-14-30-59-50(67)23-13-12-22-49-53-46(41-73-49)61-55(57)63-53/h1,24-27,45-46,48-49,52-53H,3-23,28-41H2,(H,58,68)(H,59,67)(H3,56,60,62)(H3,57,61,63). The van der Waals surface area contributed by atoms with Gasteiger partial charge in [0, 0.05) is 79.4 Å². The minimum absolute atomic E-state index is 0.117. The van der Waals surface area contributed by atoms with Gasteiger partial charge in [0.2, 0.25) is 11.8 Å². The lowest BCUT2D eigenvalue weighted by Crippen LogP contribution is -2.38. The average molecular weight is 1050 g/mol. The fourth-order valence-electron chi connectivity index (χ4n) is 9.92. The number of rotatable bonds is 43. The normalized spacial score (nSPS) is 20.7. The number of amides is 2. The number of hydrogen-bond acceptors (Lipinski definition) is 16. The van der Waals surface area contributed by atoms with E-state index in [-0.39, 0.29) is 36.6 Å². The maximum Gasteiger partial charge on any atom is 0.223 e. The summed E-state index contributed by atoms with van der Waals surface area (Å²) in [5, 5.41) is 13.3. The molecular weight excluding hydrogens is 963 g/mol. The number of carbonyl (C=O) groups is 4. The van der Waals surface area contributed by atoms with Gasteiger partial charge in [-0.3, -0.25) is 24.1 Å². The number of aliphatic imine (C=N–C) groups is 2. The van der Waals surface area contributed by atoms with Crippen LogP contribution < -0.4 is 32.7 Å². The van der Waals surface area contributed by atoms with Crippen LogP contribution in [0.1, 0.15) is 157 Å². The first kappa shape index (κ1) is 60.0. The van der Waals surface area contributed by atoms with E-state index >= 15 is 0 Å². The van der Waals surface area contributed by atoms with Gasteiger partial charge >= 0.3 is 0 Å². The van der Waals surface area contributed by atoms with Crippen LogP contribution in [0.2, 0.25) is 0 Å². The van der Waals surface area contributed by atoms with Gasteiger partial charge in [0.15, 0.2) is 17.7 Å². The molecule has 5 rings (SSSR count). The van der Waals surface area contributed by atoms with Crippen molar-refractivity contribution in [3.05, 3.63) is 35.4 Å². The van der Waals surface area contributed by atoms with Crippen LogP contribution in [-0.4, -0.2) is 152 Å². The molecule has 1 aromatic rings. The molecule has 0 radical (unpaired) electrons. The highest BCUT2D eigenvalue weighted by molar-refractivity contribution is 8.00. The molecule has 73 heavy (non-hydrogen) atoms. The quantitative estimate of drug-likeness (QED) is 0.0241. The van der Waals surface area contributed by atoms with E-state index in [0.717, 1.165) is 146 Å². The van der Waals surface area contributed by atoms with E-state index in [1.165, 1.54) is 5.56 Å². The number of ether oxygens (including phenoxy) is 3. The van der Waals surface area contributed by atoms with E-state index in [9.17, 15) is 19.2 Å². The molecule has 8 N–H and O–H groups in total. The summed E-state index contributed by atoms with van der Waals surface area (Å²) in [7, 11) is 0. The molecule has 2 amide bonds. The van der Waals surface area contributed by atoms with Crippen LogP contribution in [0.3, 0.4) is 0 Å². The first-order valence-electron chi connectivity index (χ1n) is 27.7. The molecule has 4 aliphatic rings.